The fourth-order valence-electron chi connectivity index (χ4n) is 0.505. The first kappa shape index (κ1) is 4.96. The second-order valence-electron chi connectivity index (χ2n) is 1.42. The van der Waals surface area contributed by atoms with E-state index in [0.717, 1.165) is 0 Å². The fraction of sp³-hybridized carbons (Fsp3) is 0.250. The molecule has 4 nitrogen and oxygen atoms in total. The fourth-order valence-corrected chi connectivity index (χ4v) is 0.505. The van der Waals surface area contributed by atoms with Crippen LogP contribution in [0.3, 0.4) is 0 Å². The summed E-state index contributed by atoms with van der Waals surface area (Å²) < 4.78 is 0. The summed E-state index contributed by atoms with van der Waals surface area (Å²) in [5, 5.41) is 13.7. The zero-order valence-electron chi connectivity index (χ0n) is 4.28. The van der Waals surface area contributed by atoms with Gasteiger partial charge < -0.3 is 15.4 Å². The average Bonchev–Trinajstić information content (AvgIpc) is 2.19. The predicted octanol–water partition coefficient (Wildman–Crippen LogP) is -0.262. The predicted molar refractivity (Wildman–Crippen MR) is 29.3 cm³/mol. The molecular formula is C4H7N3O. The lowest BCUT2D eigenvalue weighted by Crippen LogP contribution is -2.18. The molecule has 44 valence electrons. The van der Waals surface area contributed by atoms with Crippen LogP contribution in [-0.2, 0) is 0 Å². The Hall–Kier alpha value is -1.19. The van der Waals surface area contributed by atoms with E-state index in [1.165, 1.54) is 6.34 Å². The van der Waals surface area contributed by atoms with Crippen LogP contribution in [0.2, 0.25) is 0 Å². The maximum absolute atomic E-state index is 7.99. The summed E-state index contributed by atoms with van der Waals surface area (Å²) in [6, 6.07) is 0. The average molecular weight is 113 g/mol. The van der Waals surface area contributed by atoms with E-state index in [0.29, 0.717) is 6.67 Å². The zero-order chi connectivity index (χ0) is 5.82. The standard InChI is InChI=1S/C4H7N3O/c8-6-4-7-2-1-5-3-7/h1-2,4-5,8H,3H2. The molecule has 0 radical (unpaired) electrons. The molecule has 0 spiro atoms. The van der Waals surface area contributed by atoms with Crippen molar-refractivity contribution in [3.8, 4) is 0 Å². The molecule has 0 atom stereocenters. The van der Waals surface area contributed by atoms with Gasteiger partial charge in [0, 0.05) is 12.4 Å². The molecule has 0 aromatic rings. The van der Waals surface area contributed by atoms with Crippen molar-refractivity contribution in [1.29, 1.82) is 0 Å². The highest BCUT2D eigenvalue weighted by molar-refractivity contribution is 5.55. The lowest BCUT2D eigenvalue weighted by Gasteiger charge is -2.03. The molecule has 0 unspecified atom stereocenters. The molecule has 0 aliphatic carbocycles. The van der Waals surface area contributed by atoms with E-state index in [4.69, 9.17) is 5.21 Å². The Kier molecular flexibility index (Phi) is 1.37. The van der Waals surface area contributed by atoms with Crippen molar-refractivity contribution < 1.29 is 5.21 Å². The van der Waals surface area contributed by atoms with Gasteiger partial charge in [0.1, 0.15) is 6.34 Å². The summed E-state index contributed by atoms with van der Waals surface area (Å²) in [6.07, 6.45) is 4.89. The van der Waals surface area contributed by atoms with Crippen LogP contribution in [-0.4, -0.2) is 23.1 Å². The summed E-state index contributed by atoms with van der Waals surface area (Å²) in [6.45, 7) is 0.685. The molecule has 2 N–H and O–H groups in total. The minimum absolute atomic E-state index is 0.685. The summed E-state index contributed by atoms with van der Waals surface area (Å²) in [5.74, 6) is 0. The van der Waals surface area contributed by atoms with Gasteiger partial charge >= 0.3 is 0 Å². The summed E-state index contributed by atoms with van der Waals surface area (Å²) in [4.78, 5) is 1.71. The van der Waals surface area contributed by atoms with Gasteiger partial charge in [0.2, 0.25) is 0 Å². The third kappa shape index (κ3) is 0.900. The number of oxime groups is 1. The Morgan fingerprint density at radius 1 is 1.88 bits per heavy atom. The van der Waals surface area contributed by atoms with E-state index in [9.17, 15) is 0 Å². The van der Waals surface area contributed by atoms with Crippen LogP contribution in [0, 0.1) is 0 Å². The highest BCUT2D eigenvalue weighted by atomic mass is 16.4. The largest absolute Gasteiger partial charge is 0.410 e. The van der Waals surface area contributed by atoms with Gasteiger partial charge in [-0.2, -0.15) is 0 Å². The normalized spacial score (nSPS) is 17.8. The molecule has 0 bridgehead atoms. The Labute approximate surface area is 47.1 Å². The van der Waals surface area contributed by atoms with Crippen molar-refractivity contribution in [1.82, 2.24) is 10.2 Å². The van der Waals surface area contributed by atoms with E-state index in [1.807, 2.05) is 0 Å². The van der Waals surface area contributed by atoms with Gasteiger partial charge in [-0.3, -0.25) is 0 Å². The third-order valence-electron chi connectivity index (χ3n) is 0.858. The van der Waals surface area contributed by atoms with E-state index < -0.39 is 0 Å². The van der Waals surface area contributed by atoms with Gasteiger partial charge in [0.15, 0.2) is 0 Å². The molecule has 1 aliphatic heterocycles. The number of hydrogen-bond acceptors (Lipinski definition) is 3. The molecule has 0 saturated heterocycles. The molecule has 0 amide bonds. The van der Waals surface area contributed by atoms with Gasteiger partial charge in [-0.25, -0.2) is 0 Å². The topological polar surface area (TPSA) is 47.9 Å². The SMILES string of the molecule is ON=CN1C=CNC1. The van der Waals surface area contributed by atoms with Crippen molar-refractivity contribution in [3.63, 3.8) is 0 Å². The van der Waals surface area contributed by atoms with Gasteiger partial charge in [-0.1, -0.05) is 5.16 Å². The Bertz CT molecular complexity index is 120. The van der Waals surface area contributed by atoms with E-state index in [2.05, 4.69) is 10.5 Å². The molecule has 0 fully saturated rings. The van der Waals surface area contributed by atoms with Crippen LogP contribution in [0.25, 0.3) is 0 Å². The third-order valence-corrected chi connectivity index (χ3v) is 0.858. The van der Waals surface area contributed by atoms with E-state index in [1.54, 1.807) is 17.3 Å². The lowest BCUT2D eigenvalue weighted by atomic mass is 10.8. The quantitative estimate of drug-likeness (QED) is 0.213. The van der Waals surface area contributed by atoms with Gasteiger partial charge in [-0.05, 0) is 0 Å². The van der Waals surface area contributed by atoms with Gasteiger partial charge in [-0.15, -0.1) is 0 Å². The summed E-state index contributed by atoms with van der Waals surface area (Å²) in [7, 11) is 0. The molecule has 0 aromatic carbocycles. The number of nitrogens with zero attached hydrogens (tertiary/aromatic N) is 2. The van der Waals surface area contributed by atoms with Crippen LogP contribution < -0.4 is 5.32 Å². The minimum atomic E-state index is 0.685. The molecule has 8 heavy (non-hydrogen) atoms. The van der Waals surface area contributed by atoms with Gasteiger partial charge in [0.25, 0.3) is 0 Å². The number of rotatable bonds is 1. The molecule has 1 rings (SSSR count). The van der Waals surface area contributed by atoms with Crippen molar-refractivity contribution in [2.24, 2.45) is 5.16 Å². The maximum Gasteiger partial charge on any atom is 0.136 e. The Morgan fingerprint density at radius 2 is 2.75 bits per heavy atom. The first-order valence-corrected chi connectivity index (χ1v) is 2.27. The maximum atomic E-state index is 7.99. The second-order valence-corrected chi connectivity index (χ2v) is 1.42. The van der Waals surface area contributed by atoms with Crippen molar-refractivity contribution in [2.45, 2.75) is 0 Å². The van der Waals surface area contributed by atoms with Crippen LogP contribution in [0.1, 0.15) is 0 Å². The van der Waals surface area contributed by atoms with Crippen LogP contribution in [0.4, 0.5) is 0 Å². The van der Waals surface area contributed by atoms with Gasteiger partial charge in [0.05, 0.1) is 6.67 Å². The van der Waals surface area contributed by atoms with Crippen molar-refractivity contribution in [2.75, 3.05) is 6.67 Å². The highest BCUT2D eigenvalue weighted by Gasteiger charge is 1.96. The van der Waals surface area contributed by atoms with Crippen molar-refractivity contribution >= 4 is 6.34 Å². The Morgan fingerprint density at radius 3 is 3.25 bits per heavy atom. The molecular weight excluding hydrogens is 106 g/mol. The van der Waals surface area contributed by atoms with Crippen LogP contribution >= 0.6 is 0 Å². The summed E-state index contributed by atoms with van der Waals surface area (Å²) in [5.41, 5.74) is 0. The Balaban J connectivity index is 2.36. The number of hydrogen-bond donors (Lipinski definition) is 2. The van der Waals surface area contributed by atoms with E-state index >= 15 is 0 Å². The molecule has 1 aliphatic rings. The lowest BCUT2D eigenvalue weighted by molar-refractivity contribution is 0.314. The minimum Gasteiger partial charge on any atom is -0.410 e. The molecule has 4 heteroatoms. The smallest absolute Gasteiger partial charge is 0.136 e. The summed E-state index contributed by atoms with van der Waals surface area (Å²) >= 11 is 0. The molecule has 0 aromatic heterocycles. The zero-order valence-corrected chi connectivity index (χ0v) is 4.28. The van der Waals surface area contributed by atoms with Crippen LogP contribution in [0.5, 0.6) is 0 Å². The molecule has 1 heterocycles. The van der Waals surface area contributed by atoms with Crippen molar-refractivity contribution in [3.05, 3.63) is 12.4 Å². The van der Waals surface area contributed by atoms with Crippen LogP contribution in [0.15, 0.2) is 17.6 Å². The monoisotopic (exact) mass is 113 g/mol. The second kappa shape index (κ2) is 2.20. The first-order chi connectivity index (χ1) is 3.93. The van der Waals surface area contributed by atoms with E-state index in [-0.39, 0.29) is 0 Å². The highest BCUT2D eigenvalue weighted by Crippen LogP contribution is 1.87. The molecule has 0 saturated carbocycles. The first-order valence-electron chi connectivity index (χ1n) is 2.27. The number of nitrogens with one attached hydrogen (secondary N) is 1.